The highest BCUT2D eigenvalue weighted by molar-refractivity contribution is 5.73. The Balaban J connectivity index is 2.00. The van der Waals surface area contributed by atoms with E-state index in [0.29, 0.717) is 0 Å². The number of hydrogen-bond acceptors (Lipinski definition) is 2. The van der Waals surface area contributed by atoms with Gasteiger partial charge in [0.1, 0.15) is 6.04 Å². The highest BCUT2D eigenvalue weighted by Gasteiger charge is 2.29. The van der Waals surface area contributed by atoms with E-state index >= 15 is 0 Å². The van der Waals surface area contributed by atoms with Gasteiger partial charge in [-0.3, -0.25) is 9.69 Å². The third-order valence-electron chi connectivity index (χ3n) is 3.70. The molecular formula is C14H27NO2. The molecule has 0 radical (unpaired) electrons. The Kier molecular flexibility index (Phi) is 7.25. The van der Waals surface area contributed by atoms with Gasteiger partial charge >= 0.3 is 5.97 Å². The molecule has 0 amide bonds. The van der Waals surface area contributed by atoms with E-state index in [4.69, 9.17) is 5.11 Å². The molecule has 1 saturated heterocycles. The van der Waals surface area contributed by atoms with E-state index in [9.17, 15) is 4.79 Å². The Morgan fingerprint density at radius 3 is 2.47 bits per heavy atom. The van der Waals surface area contributed by atoms with E-state index in [1.54, 1.807) is 0 Å². The molecule has 3 nitrogen and oxygen atoms in total. The molecule has 1 fully saturated rings. The number of carboxylic acids is 1. The summed E-state index contributed by atoms with van der Waals surface area (Å²) < 4.78 is 0. The Bertz CT molecular complexity index is 218. The van der Waals surface area contributed by atoms with Crippen molar-refractivity contribution >= 4 is 5.97 Å². The molecule has 1 N–H and O–H groups in total. The number of aliphatic carboxylic acids is 1. The van der Waals surface area contributed by atoms with E-state index in [-0.39, 0.29) is 6.04 Å². The predicted molar refractivity (Wildman–Crippen MR) is 70.2 cm³/mol. The maximum atomic E-state index is 11.0. The summed E-state index contributed by atoms with van der Waals surface area (Å²) in [4.78, 5) is 13.1. The summed E-state index contributed by atoms with van der Waals surface area (Å²) in [5.74, 6) is -0.634. The van der Waals surface area contributed by atoms with Gasteiger partial charge in [0, 0.05) is 0 Å². The highest BCUT2D eigenvalue weighted by atomic mass is 16.4. The molecule has 0 bridgehead atoms. The molecule has 0 unspecified atom stereocenters. The average molecular weight is 241 g/mol. The van der Waals surface area contributed by atoms with Crippen LogP contribution in [0.2, 0.25) is 0 Å². The van der Waals surface area contributed by atoms with E-state index in [2.05, 4.69) is 11.8 Å². The lowest BCUT2D eigenvalue weighted by atomic mass is 10.1. The second-order valence-corrected chi connectivity index (χ2v) is 5.15. The van der Waals surface area contributed by atoms with Gasteiger partial charge in [0.2, 0.25) is 0 Å². The molecule has 100 valence electrons. The molecule has 1 aliphatic rings. The number of hydrogen-bond donors (Lipinski definition) is 1. The second kappa shape index (κ2) is 8.51. The van der Waals surface area contributed by atoms with Crippen LogP contribution in [0.5, 0.6) is 0 Å². The van der Waals surface area contributed by atoms with Gasteiger partial charge in [-0.25, -0.2) is 0 Å². The number of rotatable bonds is 9. The highest BCUT2D eigenvalue weighted by Crippen LogP contribution is 2.18. The van der Waals surface area contributed by atoms with Crippen LogP contribution in [0, 0.1) is 0 Å². The van der Waals surface area contributed by atoms with Gasteiger partial charge in [-0.05, 0) is 32.4 Å². The van der Waals surface area contributed by atoms with Crippen LogP contribution in [0.15, 0.2) is 0 Å². The first-order chi connectivity index (χ1) is 8.25. The standard InChI is InChI=1S/C14H27NO2/c1-2-3-4-5-6-7-8-11-15-12-9-10-13(15)14(16)17/h13H,2-12H2,1H3,(H,16,17)/t13-/m1/s1. The van der Waals surface area contributed by atoms with Crippen LogP contribution < -0.4 is 0 Å². The first kappa shape index (κ1) is 14.5. The molecule has 0 aromatic rings. The fourth-order valence-electron chi connectivity index (χ4n) is 2.65. The van der Waals surface area contributed by atoms with Crippen LogP contribution in [-0.4, -0.2) is 35.1 Å². The maximum Gasteiger partial charge on any atom is 0.320 e. The molecule has 0 aliphatic carbocycles. The first-order valence-corrected chi connectivity index (χ1v) is 7.22. The molecule has 0 aromatic carbocycles. The Hall–Kier alpha value is -0.570. The number of likely N-dealkylation sites (tertiary alicyclic amines) is 1. The SMILES string of the molecule is CCCCCCCCCN1CCC[C@@H]1C(=O)O. The quantitative estimate of drug-likeness (QED) is 0.630. The minimum atomic E-state index is -0.634. The molecule has 1 aliphatic heterocycles. The van der Waals surface area contributed by atoms with Crippen molar-refractivity contribution in [3.8, 4) is 0 Å². The van der Waals surface area contributed by atoms with Crippen LogP contribution in [0.25, 0.3) is 0 Å². The first-order valence-electron chi connectivity index (χ1n) is 7.22. The van der Waals surface area contributed by atoms with E-state index in [1.807, 2.05) is 0 Å². The lowest BCUT2D eigenvalue weighted by Gasteiger charge is -2.20. The largest absolute Gasteiger partial charge is 0.480 e. The molecule has 0 saturated carbocycles. The van der Waals surface area contributed by atoms with E-state index < -0.39 is 5.97 Å². The summed E-state index contributed by atoms with van der Waals surface area (Å²) >= 11 is 0. The van der Waals surface area contributed by atoms with Crippen LogP contribution in [-0.2, 0) is 4.79 Å². The fourth-order valence-corrected chi connectivity index (χ4v) is 2.65. The zero-order valence-electron chi connectivity index (χ0n) is 11.2. The van der Waals surface area contributed by atoms with Gasteiger partial charge in [0.15, 0.2) is 0 Å². The van der Waals surface area contributed by atoms with Crippen molar-refractivity contribution in [2.24, 2.45) is 0 Å². The van der Waals surface area contributed by atoms with Crippen molar-refractivity contribution in [2.45, 2.75) is 70.8 Å². The Morgan fingerprint density at radius 2 is 1.82 bits per heavy atom. The molecule has 1 rings (SSSR count). The van der Waals surface area contributed by atoms with E-state index in [1.165, 1.54) is 38.5 Å². The Labute approximate surface area is 105 Å². The van der Waals surface area contributed by atoms with Crippen LogP contribution >= 0.6 is 0 Å². The van der Waals surface area contributed by atoms with Crippen molar-refractivity contribution in [3.05, 3.63) is 0 Å². The van der Waals surface area contributed by atoms with Gasteiger partial charge in [-0.2, -0.15) is 0 Å². The number of carboxylic acid groups (broad SMARTS) is 1. The fraction of sp³-hybridized carbons (Fsp3) is 0.929. The van der Waals surface area contributed by atoms with Crippen molar-refractivity contribution in [1.29, 1.82) is 0 Å². The number of nitrogens with zero attached hydrogens (tertiary/aromatic N) is 1. The summed E-state index contributed by atoms with van der Waals surface area (Å²) in [5, 5.41) is 9.04. The lowest BCUT2D eigenvalue weighted by Crippen LogP contribution is -2.36. The zero-order valence-corrected chi connectivity index (χ0v) is 11.2. The van der Waals surface area contributed by atoms with Crippen molar-refractivity contribution in [3.63, 3.8) is 0 Å². The number of unbranched alkanes of at least 4 members (excludes halogenated alkanes) is 6. The minimum absolute atomic E-state index is 0.199. The molecule has 1 atom stereocenters. The summed E-state index contributed by atoms with van der Waals surface area (Å²) in [6.45, 7) is 4.19. The third-order valence-corrected chi connectivity index (χ3v) is 3.70. The maximum absolute atomic E-state index is 11.0. The summed E-state index contributed by atoms with van der Waals surface area (Å²) in [5.41, 5.74) is 0. The van der Waals surface area contributed by atoms with Gasteiger partial charge in [-0.15, -0.1) is 0 Å². The molecule has 0 spiro atoms. The molecular weight excluding hydrogens is 214 g/mol. The second-order valence-electron chi connectivity index (χ2n) is 5.15. The Morgan fingerprint density at radius 1 is 1.18 bits per heavy atom. The van der Waals surface area contributed by atoms with Crippen molar-refractivity contribution in [1.82, 2.24) is 4.90 Å². The monoisotopic (exact) mass is 241 g/mol. The topological polar surface area (TPSA) is 40.5 Å². The van der Waals surface area contributed by atoms with Gasteiger partial charge in [0.25, 0.3) is 0 Å². The molecule has 1 heterocycles. The summed E-state index contributed by atoms with van der Waals surface area (Å²) in [7, 11) is 0. The lowest BCUT2D eigenvalue weighted by molar-refractivity contribution is -0.142. The normalized spacial score (nSPS) is 20.9. The van der Waals surface area contributed by atoms with Crippen molar-refractivity contribution in [2.75, 3.05) is 13.1 Å². The smallest absolute Gasteiger partial charge is 0.320 e. The van der Waals surface area contributed by atoms with Gasteiger partial charge in [0.05, 0.1) is 0 Å². The average Bonchev–Trinajstić information content (AvgIpc) is 2.76. The summed E-state index contributed by atoms with van der Waals surface area (Å²) in [6, 6.07) is -0.199. The van der Waals surface area contributed by atoms with Crippen LogP contribution in [0.4, 0.5) is 0 Å². The predicted octanol–water partition coefficient (Wildman–Crippen LogP) is 3.29. The third kappa shape index (κ3) is 5.53. The van der Waals surface area contributed by atoms with Crippen LogP contribution in [0.1, 0.15) is 64.7 Å². The molecule has 0 aromatic heterocycles. The van der Waals surface area contributed by atoms with Crippen LogP contribution in [0.3, 0.4) is 0 Å². The molecule has 3 heteroatoms. The molecule has 17 heavy (non-hydrogen) atoms. The van der Waals surface area contributed by atoms with Gasteiger partial charge < -0.3 is 5.11 Å². The van der Waals surface area contributed by atoms with Gasteiger partial charge in [-0.1, -0.05) is 45.4 Å². The van der Waals surface area contributed by atoms with E-state index in [0.717, 1.165) is 32.4 Å². The minimum Gasteiger partial charge on any atom is -0.480 e. The summed E-state index contributed by atoms with van der Waals surface area (Å²) in [6.07, 6.45) is 11.0. The van der Waals surface area contributed by atoms with Crippen molar-refractivity contribution < 1.29 is 9.90 Å². The number of carbonyl (C=O) groups is 1. The zero-order chi connectivity index (χ0) is 12.5.